The van der Waals surface area contributed by atoms with Crippen LogP contribution in [0.15, 0.2) is 73.1 Å². The third-order valence-electron chi connectivity index (χ3n) is 6.19. The zero-order chi connectivity index (χ0) is 23.1. The van der Waals surface area contributed by atoms with Crippen molar-refractivity contribution in [2.45, 2.75) is 32.9 Å². The Balaban J connectivity index is 1.71. The van der Waals surface area contributed by atoms with Crippen molar-refractivity contribution < 1.29 is 4.39 Å². The molecular formula is C26H24FN5S. The third-order valence-corrected chi connectivity index (χ3v) is 6.51. The van der Waals surface area contributed by atoms with Crippen LogP contribution in [0, 0.1) is 26.6 Å². The number of nitrogens with zero attached hydrogens (tertiary/aromatic N) is 4. The Kier molecular flexibility index (Phi) is 5.42. The first-order valence-corrected chi connectivity index (χ1v) is 11.2. The van der Waals surface area contributed by atoms with E-state index < -0.39 is 0 Å². The summed E-state index contributed by atoms with van der Waals surface area (Å²) >= 11 is 5.73. The van der Waals surface area contributed by atoms with E-state index in [1.54, 1.807) is 24.5 Å². The van der Waals surface area contributed by atoms with Gasteiger partial charge in [-0.25, -0.2) is 9.37 Å². The highest BCUT2D eigenvalue weighted by molar-refractivity contribution is 7.80. The molecule has 0 bridgehead atoms. The van der Waals surface area contributed by atoms with Crippen molar-refractivity contribution in [3.05, 3.63) is 107 Å². The average Bonchev–Trinajstić information content (AvgIpc) is 3.30. The highest BCUT2D eigenvalue weighted by atomic mass is 32.1. The maximum Gasteiger partial charge on any atom is 0.174 e. The summed E-state index contributed by atoms with van der Waals surface area (Å²) in [5.41, 5.74) is 5.50. The van der Waals surface area contributed by atoms with Gasteiger partial charge in [-0.3, -0.25) is 4.98 Å². The van der Waals surface area contributed by atoms with Gasteiger partial charge in [0.25, 0.3) is 0 Å². The fraction of sp³-hybridized carbons (Fsp3) is 0.192. The summed E-state index contributed by atoms with van der Waals surface area (Å²) < 4.78 is 17.1. The largest absolute Gasteiger partial charge is 0.351 e. The molecule has 4 aromatic rings. The molecule has 33 heavy (non-hydrogen) atoms. The van der Waals surface area contributed by atoms with Gasteiger partial charge in [-0.1, -0.05) is 24.3 Å². The van der Waals surface area contributed by atoms with Crippen LogP contribution in [-0.2, 0) is 0 Å². The van der Waals surface area contributed by atoms with Crippen LogP contribution < -0.4 is 10.2 Å². The molecule has 0 amide bonds. The van der Waals surface area contributed by atoms with Crippen LogP contribution in [0.1, 0.15) is 40.3 Å². The highest BCUT2D eigenvalue weighted by Crippen LogP contribution is 2.44. The first-order chi connectivity index (χ1) is 16.0. The minimum absolute atomic E-state index is 0.239. The predicted molar refractivity (Wildman–Crippen MR) is 132 cm³/mol. The molecule has 1 aliphatic heterocycles. The lowest BCUT2D eigenvalue weighted by molar-refractivity contribution is 0.556. The van der Waals surface area contributed by atoms with Gasteiger partial charge in [0.15, 0.2) is 5.11 Å². The highest BCUT2D eigenvalue weighted by Gasteiger charge is 2.43. The zero-order valence-electron chi connectivity index (χ0n) is 18.7. The summed E-state index contributed by atoms with van der Waals surface area (Å²) in [5.74, 6) is 0.571. The molecule has 1 N–H and O–H groups in total. The van der Waals surface area contributed by atoms with Crippen molar-refractivity contribution in [2.24, 2.45) is 0 Å². The third kappa shape index (κ3) is 3.58. The number of aryl methyl sites for hydroxylation is 2. The molecule has 0 spiro atoms. The number of rotatable bonds is 4. The molecule has 1 saturated heterocycles. The Bertz CT molecular complexity index is 1330. The smallest absolute Gasteiger partial charge is 0.174 e. The van der Waals surface area contributed by atoms with E-state index >= 15 is 0 Å². The summed E-state index contributed by atoms with van der Waals surface area (Å²) in [6.45, 7) is 6.19. The maximum atomic E-state index is 15.0. The predicted octanol–water partition coefficient (Wildman–Crippen LogP) is 5.51. The summed E-state index contributed by atoms with van der Waals surface area (Å²) in [5, 5.41) is 3.88. The van der Waals surface area contributed by atoms with E-state index in [1.165, 1.54) is 6.07 Å². The molecule has 1 fully saturated rings. The summed E-state index contributed by atoms with van der Waals surface area (Å²) in [6, 6.07) is 18.2. The molecule has 2 atom stereocenters. The Labute approximate surface area is 197 Å². The van der Waals surface area contributed by atoms with Gasteiger partial charge in [-0.15, -0.1) is 0 Å². The number of benzene rings is 1. The number of thiocarbonyl (C=S) groups is 1. The van der Waals surface area contributed by atoms with Gasteiger partial charge in [0.2, 0.25) is 0 Å². The molecule has 3 aromatic heterocycles. The number of halogens is 1. The number of aromatic nitrogens is 3. The molecule has 166 valence electrons. The van der Waals surface area contributed by atoms with E-state index in [-0.39, 0.29) is 17.9 Å². The first kappa shape index (κ1) is 21.3. The number of nitrogens with one attached hydrogen (secondary N) is 1. The molecule has 0 radical (unpaired) electrons. The zero-order valence-corrected chi connectivity index (χ0v) is 19.5. The lowest BCUT2D eigenvalue weighted by Crippen LogP contribution is -2.30. The van der Waals surface area contributed by atoms with Crippen molar-refractivity contribution in [3.63, 3.8) is 0 Å². The van der Waals surface area contributed by atoms with Crippen LogP contribution in [0.2, 0.25) is 0 Å². The van der Waals surface area contributed by atoms with Gasteiger partial charge in [0, 0.05) is 23.8 Å². The molecule has 5 rings (SSSR count). The quantitative estimate of drug-likeness (QED) is 0.410. The first-order valence-electron chi connectivity index (χ1n) is 10.8. The molecule has 1 aromatic carbocycles. The molecule has 0 aliphatic carbocycles. The Morgan fingerprint density at radius 3 is 2.42 bits per heavy atom. The second kappa shape index (κ2) is 8.41. The van der Waals surface area contributed by atoms with Crippen LogP contribution in [-0.4, -0.2) is 19.6 Å². The molecule has 0 saturated carbocycles. The van der Waals surface area contributed by atoms with E-state index in [2.05, 4.69) is 52.8 Å². The standard InChI is InChI=1S/C26H24FN5S/c1-16-9-8-14-29-25(16)31-17(2)15-19(18(31)3)24-23(21-11-6-7-13-28-21)30-26(33)32(24)22-12-5-4-10-20(22)27/h4-15,23-24H,1-3H3,(H,30,33)/t23-,24+/m1/s1. The van der Waals surface area contributed by atoms with Crippen molar-refractivity contribution in [3.8, 4) is 5.82 Å². The SMILES string of the molecule is Cc1cccnc1-n1c(C)cc([C@H]2[C@@H](c3ccccn3)NC(=S)N2c2ccccc2F)c1C. The van der Waals surface area contributed by atoms with E-state index in [0.29, 0.717) is 10.8 Å². The Hall–Kier alpha value is -3.58. The van der Waals surface area contributed by atoms with Crippen molar-refractivity contribution >= 4 is 23.0 Å². The van der Waals surface area contributed by atoms with Crippen molar-refractivity contribution in [1.29, 1.82) is 0 Å². The second-order valence-electron chi connectivity index (χ2n) is 8.25. The van der Waals surface area contributed by atoms with Crippen molar-refractivity contribution in [1.82, 2.24) is 19.9 Å². The van der Waals surface area contributed by atoms with Gasteiger partial charge in [0.1, 0.15) is 11.6 Å². The van der Waals surface area contributed by atoms with Gasteiger partial charge in [-0.05, 0) is 80.5 Å². The van der Waals surface area contributed by atoms with Crippen LogP contribution in [0.5, 0.6) is 0 Å². The monoisotopic (exact) mass is 457 g/mol. The summed E-state index contributed by atoms with van der Waals surface area (Å²) in [6.07, 6.45) is 3.57. The van der Waals surface area contributed by atoms with Crippen LogP contribution in [0.4, 0.5) is 10.1 Å². The van der Waals surface area contributed by atoms with Crippen LogP contribution in [0.25, 0.3) is 5.82 Å². The van der Waals surface area contributed by atoms with Crippen molar-refractivity contribution in [2.75, 3.05) is 4.90 Å². The number of hydrogen-bond acceptors (Lipinski definition) is 3. The number of pyridine rings is 2. The minimum Gasteiger partial charge on any atom is -0.351 e. The van der Waals surface area contributed by atoms with E-state index in [4.69, 9.17) is 12.2 Å². The average molecular weight is 458 g/mol. The van der Waals surface area contributed by atoms with Gasteiger partial charge >= 0.3 is 0 Å². The number of hydrogen-bond donors (Lipinski definition) is 1. The van der Waals surface area contributed by atoms with E-state index in [1.807, 2.05) is 35.2 Å². The van der Waals surface area contributed by atoms with Gasteiger partial charge in [0.05, 0.1) is 23.5 Å². The summed E-state index contributed by atoms with van der Waals surface area (Å²) in [4.78, 5) is 11.1. The fourth-order valence-corrected chi connectivity index (χ4v) is 5.04. The van der Waals surface area contributed by atoms with Crippen LogP contribution >= 0.6 is 12.2 Å². The molecule has 4 heterocycles. The number of anilines is 1. The van der Waals surface area contributed by atoms with E-state index in [9.17, 15) is 4.39 Å². The topological polar surface area (TPSA) is 46.0 Å². The summed E-state index contributed by atoms with van der Waals surface area (Å²) in [7, 11) is 0. The Morgan fingerprint density at radius 1 is 0.939 bits per heavy atom. The minimum atomic E-state index is -0.317. The lowest BCUT2D eigenvalue weighted by atomic mass is 9.96. The van der Waals surface area contributed by atoms with Gasteiger partial charge in [-0.2, -0.15) is 0 Å². The van der Waals surface area contributed by atoms with Crippen LogP contribution in [0.3, 0.4) is 0 Å². The molecular weight excluding hydrogens is 433 g/mol. The molecule has 0 unspecified atom stereocenters. The lowest BCUT2D eigenvalue weighted by Gasteiger charge is -2.28. The number of para-hydroxylation sites is 1. The normalized spacial score (nSPS) is 17.9. The fourth-order valence-electron chi connectivity index (χ4n) is 4.70. The Morgan fingerprint density at radius 2 is 1.70 bits per heavy atom. The molecule has 1 aliphatic rings. The molecule has 5 nitrogen and oxygen atoms in total. The van der Waals surface area contributed by atoms with Gasteiger partial charge < -0.3 is 14.8 Å². The second-order valence-corrected chi connectivity index (χ2v) is 8.64. The van der Waals surface area contributed by atoms with E-state index in [0.717, 1.165) is 34.0 Å². The maximum absolute atomic E-state index is 15.0. The molecule has 7 heteroatoms.